The predicted molar refractivity (Wildman–Crippen MR) is 78.2 cm³/mol. The Hall–Kier alpha value is -0.353. The third kappa shape index (κ3) is 6.54. The molecule has 18 heavy (non-hydrogen) atoms. The Balaban J connectivity index is 3.98. The second-order valence-electron chi connectivity index (χ2n) is 6.39. The molecule has 1 atom stereocenters. The smallest absolute Gasteiger partial charge is 0.305 e. The highest BCUT2D eigenvalue weighted by atomic mass is 28.4. The fourth-order valence-electron chi connectivity index (χ4n) is 1.51. The van der Waals surface area contributed by atoms with E-state index in [1.54, 1.807) is 0 Å². The lowest BCUT2D eigenvalue weighted by Crippen LogP contribution is -2.43. The second kappa shape index (κ2) is 7.29. The van der Waals surface area contributed by atoms with Gasteiger partial charge >= 0.3 is 5.97 Å². The van der Waals surface area contributed by atoms with Crippen LogP contribution >= 0.6 is 0 Å². The third-order valence-corrected chi connectivity index (χ3v) is 8.20. The Morgan fingerprint density at radius 2 is 1.83 bits per heavy atom. The summed E-state index contributed by atoms with van der Waals surface area (Å²) in [5.41, 5.74) is 0. The van der Waals surface area contributed by atoms with Gasteiger partial charge in [0.05, 0.1) is 6.61 Å². The van der Waals surface area contributed by atoms with Crippen molar-refractivity contribution in [3.63, 3.8) is 0 Å². The van der Waals surface area contributed by atoms with Crippen LogP contribution in [0.15, 0.2) is 0 Å². The van der Waals surface area contributed by atoms with Crippen LogP contribution in [0.5, 0.6) is 0 Å². The molecule has 0 amide bonds. The molecule has 0 aliphatic carbocycles. The van der Waals surface area contributed by atoms with Crippen LogP contribution in [0.2, 0.25) is 18.1 Å². The number of hydrogen-bond acceptors (Lipinski definition) is 3. The highest BCUT2D eigenvalue weighted by Gasteiger charge is 2.38. The summed E-state index contributed by atoms with van der Waals surface area (Å²) in [4.78, 5) is 11.2. The Morgan fingerprint density at radius 3 is 2.28 bits per heavy atom. The van der Waals surface area contributed by atoms with Gasteiger partial charge in [0.1, 0.15) is 0 Å². The maximum absolute atomic E-state index is 11.2. The minimum absolute atomic E-state index is 0.1000. The minimum Gasteiger partial charge on any atom is -0.466 e. The normalized spacial score (nSPS) is 14.4. The van der Waals surface area contributed by atoms with E-state index < -0.39 is 8.32 Å². The number of carbonyl (C=O) groups is 1. The van der Waals surface area contributed by atoms with E-state index >= 15 is 0 Å². The summed E-state index contributed by atoms with van der Waals surface area (Å²) < 4.78 is 11.1. The van der Waals surface area contributed by atoms with Crippen molar-refractivity contribution in [2.45, 2.75) is 78.1 Å². The first-order valence-electron chi connectivity index (χ1n) is 6.93. The van der Waals surface area contributed by atoms with Crippen molar-refractivity contribution < 1.29 is 14.0 Å². The molecule has 0 aliphatic heterocycles. The van der Waals surface area contributed by atoms with Crippen LogP contribution in [0.25, 0.3) is 0 Å². The van der Waals surface area contributed by atoms with Gasteiger partial charge in [-0.15, -0.1) is 0 Å². The molecule has 0 spiro atoms. The van der Waals surface area contributed by atoms with Crippen LogP contribution in [-0.2, 0) is 14.0 Å². The number of carbonyl (C=O) groups excluding carboxylic acids is 1. The largest absolute Gasteiger partial charge is 0.466 e. The Kier molecular flexibility index (Phi) is 7.15. The molecule has 0 saturated heterocycles. The van der Waals surface area contributed by atoms with E-state index in [1.807, 2.05) is 6.92 Å². The Labute approximate surface area is 113 Å². The maximum Gasteiger partial charge on any atom is 0.305 e. The lowest BCUT2D eigenvalue weighted by atomic mass is 10.2. The standard InChI is InChI=1S/C14H30O3Si/c1-8-16-13(15)11-9-10-12(2)17-18(6,7)14(3,4)5/h12H,8-11H2,1-7H3/t12-/m0/s1. The molecule has 0 aromatic heterocycles. The topological polar surface area (TPSA) is 35.5 Å². The molecule has 3 nitrogen and oxygen atoms in total. The molecule has 0 N–H and O–H groups in total. The lowest BCUT2D eigenvalue weighted by Gasteiger charge is -2.38. The highest BCUT2D eigenvalue weighted by molar-refractivity contribution is 6.74. The monoisotopic (exact) mass is 274 g/mol. The first-order valence-corrected chi connectivity index (χ1v) is 9.84. The lowest BCUT2D eigenvalue weighted by molar-refractivity contribution is -0.143. The average Bonchev–Trinajstić information content (AvgIpc) is 2.15. The van der Waals surface area contributed by atoms with E-state index in [2.05, 4.69) is 40.8 Å². The van der Waals surface area contributed by atoms with E-state index in [1.165, 1.54) is 0 Å². The number of rotatable bonds is 7. The van der Waals surface area contributed by atoms with Gasteiger partial charge in [-0.2, -0.15) is 0 Å². The van der Waals surface area contributed by atoms with E-state index in [0.717, 1.165) is 12.8 Å². The summed E-state index contributed by atoms with van der Waals surface area (Å²) in [7, 11) is -1.68. The van der Waals surface area contributed by atoms with E-state index in [0.29, 0.717) is 13.0 Å². The fraction of sp³-hybridized carbons (Fsp3) is 0.929. The van der Waals surface area contributed by atoms with Crippen LogP contribution in [-0.4, -0.2) is 27.0 Å². The van der Waals surface area contributed by atoms with Crippen LogP contribution < -0.4 is 0 Å². The van der Waals surface area contributed by atoms with Gasteiger partial charge in [0.15, 0.2) is 8.32 Å². The van der Waals surface area contributed by atoms with Crippen molar-refractivity contribution in [1.82, 2.24) is 0 Å². The molecule has 0 radical (unpaired) electrons. The quantitative estimate of drug-likeness (QED) is 0.517. The average molecular weight is 274 g/mol. The van der Waals surface area contributed by atoms with E-state index in [4.69, 9.17) is 9.16 Å². The molecule has 0 saturated carbocycles. The van der Waals surface area contributed by atoms with Crippen molar-refractivity contribution in [2.75, 3.05) is 6.61 Å². The number of esters is 1. The van der Waals surface area contributed by atoms with Gasteiger partial charge in [0.2, 0.25) is 0 Å². The van der Waals surface area contributed by atoms with Crippen molar-refractivity contribution in [2.24, 2.45) is 0 Å². The molecule has 0 aromatic rings. The van der Waals surface area contributed by atoms with Gasteiger partial charge in [0, 0.05) is 12.5 Å². The molecule has 0 rings (SSSR count). The molecule has 0 aliphatic rings. The van der Waals surface area contributed by atoms with Crippen molar-refractivity contribution >= 4 is 14.3 Å². The van der Waals surface area contributed by atoms with Gasteiger partial charge < -0.3 is 9.16 Å². The zero-order valence-corrected chi connectivity index (χ0v) is 14.1. The summed E-state index contributed by atoms with van der Waals surface area (Å²) in [6, 6.07) is 0. The molecule has 0 unspecified atom stereocenters. The van der Waals surface area contributed by atoms with Gasteiger partial charge in [0.25, 0.3) is 0 Å². The molecular formula is C14H30O3Si. The van der Waals surface area contributed by atoms with Crippen LogP contribution in [0.3, 0.4) is 0 Å². The molecular weight excluding hydrogens is 244 g/mol. The molecule has 0 heterocycles. The zero-order chi connectivity index (χ0) is 14.4. The van der Waals surface area contributed by atoms with Crippen molar-refractivity contribution in [1.29, 1.82) is 0 Å². The van der Waals surface area contributed by atoms with Gasteiger partial charge in [-0.05, 0) is 44.8 Å². The van der Waals surface area contributed by atoms with Crippen LogP contribution in [0.1, 0.15) is 53.9 Å². The summed E-state index contributed by atoms with van der Waals surface area (Å²) in [5, 5.41) is 0.238. The minimum atomic E-state index is -1.68. The summed E-state index contributed by atoms with van der Waals surface area (Å²) in [6.45, 7) is 15.6. The first-order chi connectivity index (χ1) is 8.10. The SMILES string of the molecule is CCOC(=O)CCC[C@H](C)O[Si](C)(C)C(C)(C)C. The first kappa shape index (κ1) is 17.6. The predicted octanol–water partition coefficient (Wildman–Crippen LogP) is 4.13. The Morgan fingerprint density at radius 1 is 1.28 bits per heavy atom. The molecule has 0 fully saturated rings. The van der Waals surface area contributed by atoms with Crippen molar-refractivity contribution in [3.05, 3.63) is 0 Å². The molecule has 4 heteroatoms. The summed E-state index contributed by atoms with van der Waals surface area (Å²) in [6.07, 6.45) is 2.49. The van der Waals surface area contributed by atoms with Gasteiger partial charge in [-0.1, -0.05) is 20.8 Å². The summed E-state index contributed by atoms with van der Waals surface area (Å²) in [5.74, 6) is -0.1000. The van der Waals surface area contributed by atoms with E-state index in [-0.39, 0.29) is 17.1 Å². The van der Waals surface area contributed by atoms with Gasteiger partial charge in [-0.3, -0.25) is 4.79 Å². The Bertz CT molecular complexity index is 256. The second-order valence-corrected chi connectivity index (χ2v) is 11.1. The fourth-order valence-corrected chi connectivity index (χ4v) is 2.98. The molecule has 0 aromatic carbocycles. The molecule has 108 valence electrons. The molecule has 0 bridgehead atoms. The number of hydrogen-bond donors (Lipinski definition) is 0. The van der Waals surface area contributed by atoms with E-state index in [9.17, 15) is 4.79 Å². The highest BCUT2D eigenvalue weighted by Crippen LogP contribution is 2.37. The maximum atomic E-state index is 11.2. The van der Waals surface area contributed by atoms with Crippen LogP contribution in [0.4, 0.5) is 0 Å². The number of ether oxygens (including phenoxy) is 1. The third-order valence-electron chi connectivity index (χ3n) is 3.60. The van der Waals surface area contributed by atoms with Crippen LogP contribution in [0, 0.1) is 0 Å². The van der Waals surface area contributed by atoms with Crippen molar-refractivity contribution in [3.8, 4) is 0 Å². The zero-order valence-electron chi connectivity index (χ0n) is 13.1. The van der Waals surface area contributed by atoms with Gasteiger partial charge in [-0.25, -0.2) is 0 Å². The summed E-state index contributed by atoms with van der Waals surface area (Å²) >= 11 is 0.